The van der Waals surface area contributed by atoms with Crippen LogP contribution < -0.4 is 15.8 Å². The van der Waals surface area contributed by atoms with E-state index in [1.807, 2.05) is 36.4 Å². The molecule has 0 heterocycles. The Hall–Kier alpha value is -2.00. The number of rotatable bonds is 5. The van der Waals surface area contributed by atoms with Crippen LogP contribution in [0.3, 0.4) is 0 Å². The van der Waals surface area contributed by atoms with Gasteiger partial charge in [0.25, 0.3) is 0 Å². The topological polar surface area (TPSA) is 47.3 Å². The quantitative estimate of drug-likeness (QED) is 0.792. The van der Waals surface area contributed by atoms with E-state index in [-0.39, 0.29) is 0 Å². The Morgan fingerprint density at radius 2 is 1.89 bits per heavy atom. The smallest absolute Gasteiger partial charge is 0.123 e. The number of nitrogen functional groups attached to an aromatic ring is 1. The molecular weight excluding hydrogens is 224 g/mol. The van der Waals surface area contributed by atoms with Gasteiger partial charge in [-0.3, -0.25) is 0 Å². The molecule has 0 unspecified atom stereocenters. The Balaban J connectivity index is 1.92. The number of ether oxygens (including phenoxy) is 1. The average molecular weight is 242 g/mol. The van der Waals surface area contributed by atoms with Gasteiger partial charge in [0.15, 0.2) is 0 Å². The molecule has 0 aliphatic carbocycles. The van der Waals surface area contributed by atoms with Crippen molar-refractivity contribution in [1.29, 1.82) is 0 Å². The van der Waals surface area contributed by atoms with E-state index in [1.165, 1.54) is 5.56 Å². The predicted octanol–water partition coefficient (Wildman–Crippen LogP) is 2.57. The van der Waals surface area contributed by atoms with Crippen LogP contribution in [0.4, 0.5) is 5.69 Å². The second kappa shape index (κ2) is 6.07. The van der Waals surface area contributed by atoms with Gasteiger partial charge in [0, 0.05) is 24.3 Å². The van der Waals surface area contributed by atoms with Crippen molar-refractivity contribution >= 4 is 5.69 Å². The van der Waals surface area contributed by atoms with E-state index in [0.29, 0.717) is 0 Å². The first-order chi connectivity index (χ1) is 8.79. The summed E-state index contributed by atoms with van der Waals surface area (Å²) in [4.78, 5) is 0. The molecule has 0 spiro atoms. The summed E-state index contributed by atoms with van der Waals surface area (Å²) in [6.07, 6.45) is 0. The Bertz CT molecular complexity index is 511. The molecule has 0 amide bonds. The number of hydrogen-bond donors (Lipinski definition) is 2. The highest BCUT2D eigenvalue weighted by Crippen LogP contribution is 2.17. The molecule has 18 heavy (non-hydrogen) atoms. The third-order valence-corrected chi connectivity index (χ3v) is 2.79. The molecule has 0 aliphatic heterocycles. The molecule has 0 fully saturated rings. The lowest BCUT2D eigenvalue weighted by Gasteiger charge is -2.09. The van der Waals surface area contributed by atoms with Crippen molar-refractivity contribution in [2.75, 3.05) is 12.8 Å². The van der Waals surface area contributed by atoms with Crippen LogP contribution in [0.15, 0.2) is 48.5 Å². The Morgan fingerprint density at radius 1 is 1.06 bits per heavy atom. The fourth-order valence-corrected chi connectivity index (χ4v) is 1.89. The number of nitrogens with two attached hydrogens (primary N) is 1. The zero-order valence-electron chi connectivity index (χ0n) is 10.5. The number of hydrogen-bond acceptors (Lipinski definition) is 3. The van der Waals surface area contributed by atoms with E-state index in [1.54, 1.807) is 7.11 Å². The summed E-state index contributed by atoms with van der Waals surface area (Å²) < 4.78 is 5.31. The van der Waals surface area contributed by atoms with Gasteiger partial charge in [-0.25, -0.2) is 0 Å². The monoisotopic (exact) mass is 242 g/mol. The molecule has 0 radical (unpaired) electrons. The molecule has 0 saturated heterocycles. The van der Waals surface area contributed by atoms with Crippen LogP contribution in [0.5, 0.6) is 5.75 Å². The van der Waals surface area contributed by atoms with Crippen LogP contribution in [0.2, 0.25) is 0 Å². The van der Waals surface area contributed by atoms with Gasteiger partial charge in [-0.1, -0.05) is 30.3 Å². The van der Waals surface area contributed by atoms with E-state index in [4.69, 9.17) is 10.5 Å². The number of anilines is 1. The maximum absolute atomic E-state index is 5.74. The molecule has 0 aliphatic rings. The fraction of sp³-hybridized carbons (Fsp3) is 0.200. The van der Waals surface area contributed by atoms with Crippen molar-refractivity contribution in [2.45, 2.75) is 13.1 Å². The predicted molar refractivity (Wildman–Crippen MR) is 74.4 cm³/mol. The summed E-state index contributed by atoms with van der Waals surface area (Å²) in [6, 6.07) is 15.9. The first-order valence-corrected chi connectivity index (χ1v) is 5.96. The maximum Gasteiger partial charge on any atom is 0.123 e. The van der Waals surface area contributed by atoms with E-state index in [2.05, 4.69) is 17.4 Å². The molecule has 0 saturated carbocycles. The summed E-state index contributed by atoms with van der Waals surface area (Å²) in [5.74, 6) is 0.914. The van der Waals surface area contributed by atoms with Gasteiger partial charge >= 0.3 is 0 Å². The van der Waals surface area contributed by atoms with Gasteiger partial charge in [-0.2, -0.15) is 0 Å². The first kappa shape index (κ1) is 12.5. The molecule has 0 aromatic heterocycles. The molecule has 2 aromatic carbocycles. The molecule has 94 valence electrons. The van der Waals surface area contributed by atoms with Crippen molar-refractivity contribution in [2.24, 2.45) is 0 Å². The van der Waals surface area contributed by atoms with Crippen molar-refractivity contribution in [1.82, 2.24) is 5.32 Å². The second-order valence-corrected chi connectivity index (χ2v) is 4.16. The van der Waals surface area contributed by atoms with E-state index >= 15 is 0 Å². The van der Waals surface area contributed by atoms with Crippen molar-refractivity contribution < 1.29 is 4.74 Å². The number of nitrogens with one attached hydrogen (secondary N) is 1. The fourth-order valence-electron chi connectivity index (χ4n) is 1.89. The SMILES string of the molecule is COc1ccccc1CNCc1cccc(N)c1. The molecular formula is C15H18N2O. The molecule has 0 bridgehead atoms. The normalized spacial score (nSPS) is 10.3. The van der Waals surface area contributed by atoms with Gasteiger partial charge in [-0.05, 0) is 23.8 Å². The van der Waals surface area contributed by atoms with Crippen LogP contribution in [0, 0.1) is 0 Å². The van der Waals surface area contributed by atoms with Crippen LogP contribution in [-0.4, -0.2) is 7.11 Å². The highest BCUT2D eigenvalue weighted by molar-refractivity contribution is 5.40. The van der Waals surface area contributed by atoms with Gasteiger partial charge in [-0.15, -0.1) is 0 Å². The minimum Gasteiger partial charge on any atom is -0.496 e. The Morgan fingerprint density at radius 3 is 2.67 bits per heavy atom. The average Bonchev–Trinajstić information content (AvgIpc) is 2.39. The zero-order chi connectivity index (χ0) is 12.8. The zero-order valence-corrected chi connectivity index (χ0v) is 10.5. The summed E-state index contributed by atoms with van der Waals surface area (Å²) >= 11 is 0. The Kier molecular flexibility index (Phi) is 4.20. The third kappa shape index (κ3) is 3.25. The van der Waals surface area contributed by atoms with Gasteiger partial charge in [0.2, 0.25) is 0 Å². The third-order valence-electron chi connectivity index (χ3n) is 2.79. The van der Waals surface area contributed by atoms with Crippen molar-refractivity contribution in [3.8, 4) is 5.75 Å². The van der Waals surface area contributed by atoms with Crippen LogP contribution in [-0.2, 0) is 13.1 Å². The largest absolute Gasteiger partial charge is 0.496 e. The van der Waals surface area contributed by atoms with Gasteiger partial charge in [0.05, 0.1) is 7.11 Å². The Labute approximate surface area is 108 Å². The molecule has 3 N–H and O–H groups in total. The molecule has 2 rings (SSSR count). The van der Waals surface area contributed by atoms with E-state index in [0.717, 1.165) is 30.1 Å². The molecule has 3 heteroatoms. The van der Waals surface area contributed by atoms with Crippen LogP contribution in [0.25, 0.3) is 0 Å². The molecule has 0 atom stereocenters. The number of methoxy groups -OCH3 is 1. The minimum atomic E-state index is 0.777. The summed E-state index contributed by atoms with van der Waals surface area (Å²) in [5.41, 5.74) is 8.88. The minimum absolute atomic E-state index is 0.777. The summed E-state index contributed by atoms with van der Waals surface area (Å²) in [6.45, 7) is 1.57. The maximum atomic E-state index is 5.74. The van der Waals surface area contributed by atoms with Crippen LogP contribution >= 0.6 is 0 Å². The van der Waals surface area contributed by atoms with E-state index in [9.17, 15) is 0 Å². The standard InChI is InChI=1S/C15H18N2O/c1-18-15-8-3-2-6-13(15)11-17-10-12-5-4-7-14(16)9-12/h2-9,17H,10-11,16H2,1H3. The highest BCUT2D eigenvalue weighted by atomic mass is 16.5. The van der Waals surface area contributed by atoms with E-state index < -0.39 is 0 Å². The highest BCUT2D eigenvalue weighted by Gasteiger charge is 2.00. The summed E-state index contributed by atoms with van der Waals surface area (Å²) in [7, 11) is 1.69. The van der Waals surface area contributed by atoms with Crippen LogP contribution in [0.1, 0.15) is 11.1 Å². The molecule has 3 nitrogen and oxygen atoms in total. The lowest BCUT2D eigenvalue weighted by molar-refractivity contribution is 0.407. The number of benzene rings is 2. The van der Waals surface area contributed by atoms with Gasteiger partial charge in [0.1, 0.15) is 5.75 Å². The number of para-hydroxylation sites is 1. The lowest BCUT2D eigenvalue weighted by Crippen LogP contribution is -2.13. The lowest BCUT2D eigenvalue weighted by atomic mass is 10.1. The van der Waals surface area contributed by atoms with Crippen molar-refractivity contribution in [3.63, 3.8) is 0 Å². The van der Waals surface area contributed by atoms with Gasteiger partial charge < -0.3 is 15.8 Å². The molecule has 2 aromatic rings. The summed E-state index contributed by atoms with van der Waals surface area (Å²) in [5, 5.41) is 3.38. The second-order valence-electron chi connectivity index (χ2n) is 4.16. The van der Waals surface area contributed by atoms with Crippen molar-refractivity contribution in [3.05, 3.63) is 59.7 Å². The first-order valence-electron chi connectivity index (χ1n) is 5.96.